The Balaban J connectivity index is 3.40. The molecule has 0 amide bonds. The Morgan fingerprint density at radius 3 is 1.03 bits per heavy atom. The molecule has 0 saturated heterocycles. The highest BCUT2D eigenvalue weighted by atomic mass is 16.6. The van der Waals surface area contributed by atoms with Crippen LogP contribution in [-0.2, 0) is 19.1 Å². The van der Waals surface area contributed by atoms with Crippen LogP contribution in [0.4, 0.5) is 0 Å². The molecular formula is C56H104O5. The summed E-state index contributed by atoms with van der Waals surface area (Å²) in [5.74, 6) is -0.595. The molecule has 0 aliphatic heterocycles. The average molecular weight is 857 g/mol. The van der Waals surface area contributed by atoms with Crippen LogP contribution in [0, 0.1) is 0 Å². The van der Waals surface area contributed by atoms with Crippen molar-refractivity contribution < 1.29 is 24.2 Å². The Kier molecular flexibility index (Phi) is 50.8. The normalized spacial score (nSPS) is 12.4. The predicted octanol–water partition coefficient (Wildman–Crippen LogP) is 17.9. The molecule has 1 N–H and O–H groups in total. The number of carbonyl (C=O) groups is 2. The number of carbonyl (C=O) groups excluding carboxylic acids is 2. The van der Waals surface area contributed by atoms with Crippen LogP contribution in [0.15, 0.2) is 36.5 Å². The van der Waals surface area contributed by atoms with Gasteiger partial charge >= 0.3 is 11.9 Å². The van der Waals surface area contributed by atoms with Crippen molar-refractivity contribution in [2.45, 2.75) is 296 Å². The number of unbranched alkanes of at least 4 members (excludes halogenated alkanes) is 36. The van der Waals surface area contributed by atoms with Gasteiger partial charge in [0, 0.05) is 12.8 Å². The number of ether oxygens (including phenoxy) is 2. The van der Waals surface area contributed by atoms with Crippen molar-refractivity contribution in [3.05, 3.63) is 36.5 Å². The lowest BCUT2D eigenvalue weighted by Crippen LogP contribution is -2.28. The number of hydrogen-bond donors (Lipinski definition) is 1. The van der Waals surface area contributed by atoms with Gasteiger partial charge in [-0.2, -0.15) is 0 Å². The number of esters is 2. The van der Waals surface area contributed by atoms with E-state index in [-0.39, 0.29) is 25.2 Å². The molecule has 1 atom stereocenters. The maximum atomic E-state index is 12.2. The summed E-state index contributed by atoms with van der Waals surface area (Å²) < 4.78 is 10.7. The van der Waals surface area contributed by atoms with Crippen LogP contribution in [-0.4, -0.2) is 36.4 Å². The van der Waals surface area contributed by atoms with E-state index in [1.807, 2.05) is 0 Å². The molecule has 5 nitrogen and oxygen atoms in total. The maximum Gasteiger partial charge on any atom is 0.306 e. The summed E-state index contributed by atoms with van der Waals surface area (Å²) in [6.45, 7) is 4.11. The third-order valence-corrected chi connectivity index (χ3v) is 12.2. The highest BCUT2D eigenvalue weighted by Gasteiger charge is 2.16. The van der Waals surface area contributed by atoms with E-state index in [1.54, 1.807) is 0 Å². The van der Waals surface area contributed by atoms with Crippen LogP contribution in [0.2, 0.25) is 0 Å². The van der Waals surface area contributed by atoms with Gasteiger partial charge in [-0.15, -0.1) is 0 Å². The zero-order chi connectivity index (χ0) is 44.2. The number of aliphatic hydroxyl groups excluding tert-OH is 1. The van der Waals surface area contributed by atoms with Crippen molar-refractivity contribution in [2.75, 3.05) is 13.2 Å². The molecule has 61 heavy (non-hydrogen) atoms. The Labute approximate surface area is 380 Å². The fourth-order valence-corrected chi connectivity index (χ4v) is 8.04. The molecule has 0 saturated carbocycles. The van der Waals surface area contributed by atoms with Gasteiger partial charge < -0.3 is 14.6 Å². The van der Waals surface area contributed by atoms with Crippen molar-refractivity contribution in [3.63, 3.8) is 0 Å². The van der Waals surface area contributed by atoms with Gasteiger partial charge in [-0.05, 0) is 64.2 Å². The average Bonchev–Trinajstić information content (AvgIpc) is 3.26. The van der Waals surface area contributed by atoms with Gasteiger partial charge in [0.1, 0.15) is 6.61 Å². The fraction of sp³-hybridized carbons (Fsp3) is 0.857. The van der Waals surface area contributed by atoms with Gasteiger partial charge in [0.05, 0.1) is 6.61 Å². The minimum atomic E-state index is -0.776. The third kappa shape index (κ3) is 50.6. The lowest BCUT2D eigenvalue weighted by Gasteiger charge is -2.15. The largest absolute Gasteiger partial charge is 0.462 e. The van der Waals surface area contributed by atoms with Gasteiger partial charge in [0.25, 0.3) is 0 Å². The number of aliphatic hydroxyl groups is 1. The van der Waals surface area contributed by atoms with E-state index in [1.165, 1.54) is 212 Å². The maximum absolute atomic E-state index is 12.2. The second-order valence-electron chi connectivity index (χ2n) is 18.3. The molecule has 0 rings (SSSR count). The fourth-order valence-electron chi connectivity index (χ4n) is 8.04. The Hall–Kier alpha value is -1.88. The van der Waals surface area contributed by atoms with E-state index in [9.17, 15) is 14.7 Å². The molecule has 0 aliphatic rings. The minimum Gasteiger partial charge on any atom is -0.462 e. The molecule has 0 aromatic rings. The van der Waals surface area contributed by atoms with Crippen molar-refractivity contribution >= 4 is 11.9 Å². The highest BCUT2D eigenvalue weighted by Crippen LogP contribution is 2.17. The van der Waals surface area contributed by atoms with Crippen molar-refractivity contribution in [1.29, 1.82) is 0 Å². The number of rotatable bonds is 50. The Bertz CT molecular complexity index is 970. The molecule has 0 bridgehead atoms. The summed E-state index contributed by atoms with van der Waals surface area (Å²) in [7, 11) is 0. The molecule has 5 heteroatoms. The van der Waals surface area contributed by atoms with Gasteiger partial charge in [0.15, 0.2) is 6.10 Å². The molecular weight excluding hydrogens is 753 g/mol. The van der Waals surface area contributed by atoms with Crippen molar-refractivity contribution in [1.82, 2.24) is 0 Å². The molecule has 0 heterocycles. The summed E-state index contributed by atoms with van der Waals surface area (Å²) in [5.41, 5.74) is 0. The van der Waals surface area contributed by atoms with Crippen LogP contribution in [0.1, 0.15) is 290 Å². The summed E-state index contributed by atoms with van der Waals surface area (Å²) in [5, 5.41) is 9.60. The molecule has 1 unspecified atom stereocenters. The first-order valence-electron chi connectivity index (χ1n) is 27.0. The Morgan fingerprint density at radius 1 is 0.377 bits per heavy atom. The summed E-state index contributed by atoms with van der Waals surface area (Å²) in [4.78, 5) is 24.4. The summed E-state index contributed by atoms with van der Waals surface area (Å²) >= 11 is 0. The van der Waals surface area contributed by atoms with E-state index in [4.69, 9.17) is 9.47 Å². The quantitative estimate of drug-likeness (QED) is 0.0375. The highest BCUT2D eigenvalue weighted by molar-refractivity contribution is 5.70. The monoisotopic (exact) mass is 857 g/mol. The topological polar surface area (TPSA) is 72.8 Å². The standard InChI is InChI=1S/C56H104O5/c1-3-5-7-9-11-13-15-17-19-20-21-22-23-24-25-26-27-28-29-30-31-32-33-34-35-36-37-39-40-42-44-46-48-50-55(58)60-53-54(52-57)61-56(59)51-49-47-45-43-41-38-18-16-14-12-10-8-6-4-2/h10,12,16,18,20-21,54,57H,3-9,11,13-15,17,19,22-53H2,1-2H3/b12-10-,18-16-,21-20-. The molecule has 358 valence electrons. The number of hydrogen-bond acceptors (Lipinski definition) is 5. The third-order valence-electron chi connectivity index (χ3n) is 12.2. The van der Waals surface area contributed by atoms with Crippen LogP contribution < -0.4 is 0 Å². The van der Waals surface area contributed by atoms with Crippen molar-refractivity contribution in [3.8, 4) is 0 Å². The first kappa shape index (κ1) is 59.1. The van der Waals surface area contributed by atoms with E-state index in [0.717, 1.165) is 51.4 Å². The van der Waals surface area contributed by atoms with E-state index in [2.05, 4.69) is 50.3 Å². The van der Waals surface area contributed by atoms with E-state index < -0.39 is 6.10 Å². The van der Waals surface area contributed by atoms with Crippen LogP contribution in [0.25, 0.3) is 0 Å². The first-order valence-corrected chi connectivity index (χ1v) is 27.0. The molecule has 0 radical (unpaired) electrons. The smallest absolute Gasteiger partial charge is 0.306 e. The molecule has 0 fully saturated rings. The zero-order valence-electron chi connectivity index (χ0n) is 40.9. The summed E-state index contributed by atoms with van der Waals surface area (Å²) in [6, 6.07) is 0. The summed E-state index contributed by atoms with van der Waals surface area (Å²) in [6.07, 6.45) is 67.0. The van der Waals surface area contributed by atoms with Crippen LogP contribution in [0.3, 0.4) is 0 Å². The molecule has 0 aromatic carbocycles. The predicted molar refractivity (Wildman–Crippen MR) is 265 cm³/mol. The second kappa shape index (κ2) is 52.5. The lowest BCUT2D eigenvalue weighted by atomic mass is 10.0. The number of allylic oxidation sites excluding steroid dienone is 6. The molecule has 0 spiro atoms. The van der Waals surface area contributed by atoms with Gasteiger partial charge in [-0.3, -0.25) is 9.59 Å². The minimum absolute atomic E-state index is 0.0680. The van der Waals surface area contributed by atoms with E-state index >= 15 is 0 Å². The zero-order valence-corrected chi connectivity index (χ0v) is 40.9. The molecule has 0 aliphatic carbocycles. The van der Waals surface area contributed by atoms with Crippen LogP contribution >= 0.6 is 0 Å². The lowest BCUT2D eigenvalue weighted by molar-refractivity contribution is -0.161. The SMILES string of the molecule is CCCC/C=C\C/C=C\CCCCCCCC(=O)OC(CO)COC(=O)CCCCCCCCCCCCCCCCCCCCCCC/C=C\CCCCCCCCCC. The van der Waals surface area contributed by atoms with Crippen molar-refractivity contribution in [2.24, 2.45) is 0 Å². The van der Waals surface area contributed by atoms with Crippen LogP contribution in [0.5, 0.6) is 0 Å². The van der Waals surface area contributed by atoms with E-state index in [0.29, 0.717) is 12.8 Å². The Morgan fingerprint density at radius 2 is 0.672 bits per heavy atom. The second-order valence-corrected chi connectivity index (χ2v) is 18.3. The molecule has 0 aromatic heterocycles. The van der Waals surface area contributed by atoms with Gasteiger partial charge in [0.2, 0.25) is 0 Å². The van der Waals surface area contributed by atoms with Gasteiger partial charge in [-0.1, -0.05) is 249 Å². The van der Waals surface area contributed by atoms with Gasteiger partial charge in [-0.25, -0.2) is 0 Å². The first-order chi connectivity index (χ1) is 30.1.